The Hall–Kier alpha value is -0.650. The molecule has 5 heteroatoms. The molecular formula is C19H34N2O3. The lowest BCUT2D eigenvalue weighted by Gasteiger charge is -2.56. The number of ether oxygens (including phenoxy) is 1. The Bertz CT molecular complexity index is 477. The van der Waals surface area contributed by atoms with Crippen LogP contribution in [0.3, 0.4) is 0 Å². The van der Waals surface area contributed by atoms with E-state index in [2.05, 4.69) is 45.0 Å². The molecule has 0 aromatic rings. The summed E-state index contributed by atoms with van der Waals surface area (Å²) in [6.45, 7) is 11.6. The summed E-state index contributed by atoms with van der Waals surface area (Å²) < 4.78 is 6.61. The lowest BCUT2D eigenvalue weighted by molar-refractivity contribution is -0.315. The van der Waals surface area contributed by atoms with Crippen LogP contribution >= 0.6 is 0 Å². The van der Waals surface area contributed by atoms with E-state index in [9.17, 15) is 4.79 Å². The lowest BCUT2D eigenvalue weighted by atomic mass is 9.76. The van der Waals surface area contributed by atoms with Gasteiger partial charge in [0.2, 0.25) is 0 Å². The molecular weight excluding hydrogens is 304 g/mol. The normalized spacial score (nSPS) is 30.6. The number of carbonyl (C=O) groups is 1. The van der Waals surface area contributed by atoms with Gasteiger partial charge in [-0.05, 0) is 47.0 Å². The van der Waals surface area contributed by atoms with Crippen molar-refractivity contribution in [2.45, 2.75) is 108 Å². The first-order valence-electron chi connectivity index (χ1n) is 9.61. The number of amides is 1. The third-order valence-electron chi connectivity index (χ3n) is 5.77. The van der Waals surface area contributed by atoms with Crippen LogP contribution in [-0.4, -0.2) is 40.0 Å². The molecule has 2 spiro atoms. The Kier molecular flexibility index (Phi) is 4.51. The minimum Gasteiger partial charge on any atom is -0.339 e. The van der Waals surface area contributed by atoms with Crippen molar-refractivity contribution in [3.63, 3.8) is 0 Å². The standard InChI is InChI=1S/C19H34N2O3/c1-6-12-23-21-16(2,3)13-19(14-17(21,4)5)20-15(22)18(24-19)10-8-7-9-11-18/h6-14H2,1-5H3,(H,20,22). The molecule has 3 aliphatic rings. The van der Waals surface area contributed by atoms with Gasteiger partial charge in [-0.1, -0.05) is 26.2 Å². The van der Waals surface area contributed by atoms with Gasteiger partial charge in [0, 0.05) is 23.9 Å². The highest BCUT2D eigenvalue weighted by molar-refractivity contribution is 5.87. The molecule has 3 rings (SSSR count). The van der Waals surface area contributed by atoms with Crippen LogP contribution < -0.4 is 5.32 Å². The van der Waals surface area contributed by atoms with Crippen molar-refractivity contribution < 1.29 is 14.4 Å². The van der Waals surface area contributed by atoms with Crippen molar-refractivity contribution in [1.29, 1.82) is 0 Å². The van der Waals surface area contributed by atoms with E-state index in [4.69, 9.17) is 9.57 Å². The van der Waals surface area contributed by atoms with Gasteiger partial charge in [-0.3, -0.25) is 9.63 Å². The van der Waals surface area contributed by atoms with Gasteiger partial charge in [0.15, 0.2) is 0 Å². The van der Waals surface area contributed by atoms with Gasteiger partial charge in [-0.2, -0.15) is 5.06 Å². The van der Waals surface area contributed by atoms with Crippen LogP contribution in [0.4, 0.5) is 0 Å². The minimum absolute atomic E-state index is 0.108. The second kappa shape index (κ2) is 5.96. The average Bonchev–Trinajstić information content (AvgIpc) is 2.68. The first kappa shape index (κ1) is 18.2. The molecule has 3 fully saturated rings. The van der Waals surface area contributed by atoms with Crippen LogP contribution in [0.2, 0.25) is 0 Å². The highest BCUT2D eigenvalue weighted by atomic mass is 16.7. The third-order valence-corrected chi connectivity index (χ3v) is 5.77. The molecule has 5 nitrogen and oxygen atoms in total. The topological polar surface area (TPSA) is 50.8 Å². The van der Waals surface area contributed by atoms with Crippen LogP contribution in [0.1, 0.15) is 86.0 Å². The van der Waals surface area contributed by atoms with E-state index in [1.54, 1.807) is 0 Å². The Labute approximate surface area is 146 Å². The molecule has 0 unspecified atom stereocenters. The molecule has 2 saturated heterocycles. The largest absolute Gasteiger partial charge is 0.339 e. The van der Waals surface area contributed by atoms with E-state index >= 15 is 0 Å². The van der Waals surface area contributed by atoms with Crippen LogP contribution in [0, 0.1) is 0 Å². The van der Waals surface area contributed by atoms with Gasteiger partial charge in [-0.15, -0.1) is 0 Å². The van der Waals surface area contributed by atoms with Gasteiger partial charge in [-0.25, -0.2) is 0 Å². The smallest absolute Gasteiger partial charge is 0.254 e. The molecule has 2 heterocycles. The summed E-state index contributed by atoms with van der Waals surface area (Å²) in [6.07, 6.45) is 7.59. The minimum atomic E-state index is -0.586. The number of carbonyl (C=O) groups excluding carboxylic acids is 1. The summed E-state index contributed by atoms with van der Waals surface area (Å²) in [5.74, 6) is 0.108. The summed E-state index contributed by atoms with van der Waals surface area (Å²) in [5, 5.41) is 5.41. The molecule has 0 radical (unpaired) electrons. The van der Waals surface area contributed by atoms with Gasteiger partial charge >= 0.3 is 0 Å². The van der Waals surface area contributed by atoms with E-state index in [0.717, 1.165) is 51.6 Å². The first-order valence-corrected chi connectivity index (χ1v) is 9.61. The van der Waals surface area contributed by atoms with Crippen LogP contribution in [0.5, 0.6) is 0 Å². The molecule has 0 bridgehead atoms. The van der Waals surface area contributed by atoms with Gasteiger partial charge in [0.05, 0.1) is 6.61 Å². The molecule has 1 N–H and O–H groups in total. The predicted molar refractivity (Wildman–Crippen MR) is 93.2 cm³/mol. The molecule has 0 aromatic heterocycles. The molecule has 2 aliphatic heterocycles. The van der Waals surface area contributed by atoms with Crippen molar-refractivity contribution in [2.24, 2.45) is 0 Å². The monoisotopic (exact) mass is 338 g/mol. The molecule has 1 amide bonds. The van der Waals surface area contributed by atoms with E-state index in [0.29, 0.717) is 0 Å². The summed E-state index contributed by atoms with van der Waals surface area (Å²) in [4.78, 5) is 18.9. The quantitative estimate of drug-likeness (QED) is 0.855. The van der Waals surface area contributed by atoms with Gasteiger partial charge in [0.25, 0.3) is 5.91 Å². The molecule has 0 atom stereocenters. The van der Waals surface area contributed by atoms with Crippen molar-refractivity contribution in [3.8, 4) is 0 Å². The van der Waals surface area contributed by atoms with Crippen molar-refractivity contribution in [1.82, 2.24) is 10.4 Å². The van der Waals surface area contributed by atoms with Gasteiger partial charge < -0.3 is 10.1 Å². The molecule has 138 valence electrons. The predicted octanol–water partition coefficient (Wildman–Crippen LogP) is 3.53. The van der Waals surface area contributed by atoms with Crippen molar-refractivity contribution in [3.05, 3.63) is 0 Å². The number of nitrogens with zero attached hydrogens (tertiary/aromatic N) is 1. The third kappa shape index (κ3) is 2.99. The summed E-state index contributed by atoms with van der Waals surface area (Å²) >= 11 is 0. The number of hydrogen-bond donors (Lipinski definition) is 1. The summed E-state index contributed by atoms with van der Waals surface area (Å²) in [5.41, 5.74) is -1.56. The van der Waals surface area contributed by atoms with E-state index < -0.39 is 11.3 Å². The van der Waals surface area contributed by atoms with Crippen LogP contribution in [0.15, 0.2) is 0 Å². The molecule has 24 heavy (non-hydrogen) atoms. The van der Waals surface area contributed by atoms with E-state index in [-0.39, 0.29) is 17.0 Å². The molecule has 1 saturated carbocycles. The number of nitrogens with one attached hydrogen (secondary N) is 1. The first-order chi connectivity index (χ1) is 11.1. The second-order valence-electron chi connectivity index (χ2n) is 9.21. The maximum atomic E-state index is 12.8. The van der Waals surface area contributed by atoms with Crippen molar-refractivity contribution >= 4 is 5.91 Å². The lowest BCUT2D eigenvalue weighted by Crippen LogP contribution is -2.68. The highest BCUT2D eigenvalue weighted by Gasteiger charge is 2.62. The Morgan fingerprint density at radius 2 is 1.67 bits per heavy atom. The highest BCUT2D eigenvalue weighted by Crippen LogP contribution is 2.50. The fourth-order valence-corrected chi connectivity index (χ4v) is 5.33. The number of piperidine rings is 1. The molecule has 1 aliphatic carbocycles. The SMILES string of the molecule is CCCON1C(C)(C)CC2(CC1(C)C)NC(=O)C1(CCCCC1)O2. The zero-order chi connectivity index (χ0) is 17.6. The zero-order valence-corrected chi connectivity index (χ0v) is 16.0. The summed E-state index contributed by atoms with van der Waals surface area (Å²) in [7, 11) is 0. The Morgan fingerprint density at radius 3 is 2.21 bits per heavy atom. The zero-order valence-electron chi connectivity index (χ0n) is 16.0. The van der Waals surface area contributed by atoms with Crippen molar-refractivity contribution in [2.75, 3.05) is 6.61 Å². The maximum absolute atomic E-state index is 12.8. The number of rotatable bonds is 3. The van der Waals surface area contributed by atoms with Crippen LogP contribution in [-0.2, 0) is 14.4 Å². The second-order valence-corrected chi connectivity index (χ2v) is 9.21. The van der Waals surface area contributed by atoms with Crippen LogP contribution in [0.25, 0.3) is 0 Å². The summed E-state index contributed by atoms with van der Waals surface area (Å²) in [6, 6.07) is 0. The fourth-order valence-electron chi connectivity index (χ4n) is 5.33. The molecule has 0 aromatic carbocycles. The average molecular weight is 338 g/mol. The Morgan fingerprint density at radius 1 is 1.08 bits per heavy atom. The fraction of sp³-hybridized carbons (Fsp3) is 0.947. The van der Waals surface area contributed by atoms with E-state index in [1.165, 1.54) is 6.42 Å². The Balaban J connectivity index is 1.85. The van der Waals surface area contributed by atoms with E-state index in [1.807, 2.05) is 0 Å². The van der Waals surface area contributed by atoms with Gasteiger partial charge in [0.1, 0.15) is 11.3 Å². The maximum Gasteiger partial charge on any atom is 0.254 e. The number of hydrogen-bond acceptors (Lipinski definition) is 4. The number of hydroxylamine groups is 2.